The number of anilines is 1. The Bertz CT molecular complexity index is 729. The molecule has 20 heavy (non-hydrogen) atoms. The summed E-state index contributed by atoms with van der Waals surface area (Å²) in [5.74, 6) is 0.629. The maximum absolute atomic E-state index is 12.4. The van der Waals surface area contributed by atoms with Gasteiger partial charge in [0.2, 0.25) is 0 Å². The molecule has 0 amide bonds. The van der Waals surface area contributed by atoms with Crippen molar-refractivity contribution in [3.8, 4) is 5.75 Å². The number of hydrogen-bond donors (Lipinski definition) is 1. The van der Waals surface area contributed by atoms with Crippen LogP contribution in [0.3, 0.4) is 0 Å². The molecule has 0 bridgehead atoms. The Morgan fingerprint density at radius 1 is 1.15 bits per heavy atom. The lowest BCUT2D eigenvalue weighted by molar-refractivity contribution is 0.414. The summed E-state index contributed by atoms with van der Waals surface area (Å²) in [4.78, 5) is 0.235. The lowest BCUT2D eigenvalue weighted by Crippen LogP contribution is -2.14. The van der Waals surface area contributed by atoms with E-state index in [9.17, 15) is 8.42 Å². The molecule has 0 aromatic heterocycles. The Morgan fingerprint density at radius 3 is 2.50 bits per heavy atom. The van der Waals surface area contributed by atoms with Crippen molar-refractivity contribution >= 4 is 31.6 Å². The molecular weight excluding hydrogens is 342 g/mol. The highest BCUT2D eigenvalue weighted by atomic mass is 79.9. The summed E-state index contributed by atoms with van der Waals surface area (Å²) in [5, 5.41) is 0. The molecule has 2 aromatic rings. The van der Waals surface area contributed by atoms with E-state index in [2.05, 4.69) is 20.7 Å². The first-order valence-electron chi connectivity index (χ1n) is 5.85. The van der Waals surface area contributed by atoms with Crippen LogP contribution in [0.4, 0.5) is 5.69 Å². The summed E-state index contributed by atoms with van der Waals surface area (Å²) in [6.07, 6.45) is 0. The highest BCUT2D eigenvalue weighted by Gasteiger charge is 2.17. The molecule has 0 fully saturated rings. The summed E-state index contributed by atoms with van der Waals surface area (Å²) in [7, 11) is -2.07. The predicted octanol–water partition coefficient (Wildman–Crippen LogP) is 3.57. The van der Waals surface area contributed by atoms with E-state index in [4.69, 9.17) is 4.74 Å². The van der Waals surface area contributed by atoms with Crippen molar-refractivity contribution in [2.75, 3.05) is 11.8 Å². The van der Waals surface area contributed by atoms with E-state index in [1.807, 2.05) is 6.07 Å². The molecule has 2 rings (SSSR count). The third kappa shape index (κ3) is 3.32. The SMILES string of the molecule is COc1ccc(S(=O)(=O)Nc2cccc(Br)c2)c(C)c1. The number of ether oxygens (including phenoxy) is 1. The van der Waals surface area contributed by atoms with Gasteiger partial charge in [-0.05, 0) is 48.9 Å². The molecule has 0 aliphatic rings. The van der Waals surface area contributed by atoms with E-state index in [0.717, 1.165) is 4.47 Å². The molecule has 0 heterocycles. The van der Waals surface area contributed by atoms with Crippen LogP contribution >= 0.6 is 15.9 Å². The zero-order valence-corrected chi connectivity index (χ0v) is 13.5. The van der Waals surface area contributed by atoms with Crippen LogP contribution in [0.1, 0.15) is 5.56 Å². The first-order valence-corrected chi connectivity index (χ1v) is 8.13. The van der Waals surface area contributed by atoms with Crippen molar-refractivity contribution in [3.05, 3.63) is 52.5 Å². The molecule has 0 spiro atoms. The zero-order valence-electron chi connectivity index (χ0n) is 11.1. The molecule has 4 nitrogen and oxygen atoms in total. The Morgan fingerprint density at radius 2 is 1.90 bits per heavy atom. The normalized spacial score (nSPS) is 11.2. The fraction of sp³-hybridized carbons (Fsp3) is 0.143. The summed E-state index contributed by atoms with van der Waals surface area (Å²) >= 11 is 3.31. The molecule has 1 N–H and O–H groups in total. The minimum atomic E-state index is -3.61. The van der Waals surface area contributed by atoms with Crippen molar-refractivity contribution in [1.82, 2.24) is 0 Å². The second-order valence-corrected chi connectivity index (χ2v) is 6.81. The summed E-state index contributed by atoms with van der Waals surface area (Å²) in [5.41, 5.74) is 1.14. The van der Waals surface area contributed by atoms with Crippen molar-refractivity contribution in [2.45, 2.75) is 11.8 Å². The second-order valence-electron chi connectivity index (χ2n) is 4.25. The van der Waals surface area contributed by atoms with Gasteiger partial charge >= 0.3 is 0 Å². The lowest BCUT2D eigenvalue weighted by atomic mass is 10.2. The van der Waals surface area contributed by atoms with Crippen molar-refractivity contribution < 1.29 is 13.2 Å². The fourth-order valence-electron chi connectivity index (χ4n) is 1.81. The molecule has 2 aromatic carbocycles. The van der Waals surface area contributed by atoms with E-state index in [1.54, 1.807) is 44.4 Å². The highest BCUT2D eigenvalue weighted by Crippen LogP contribution is 2.24. The number of benzene rings is 2. The van der Waals surface area contributed by atoms with Crippen LogP contribution in [0.5, 0.6) is 5.75 Å². The summed E-state index contributed by atoms with van der Waals surface area (Å²) in [6, 6.07) is 11.9. The van der Waals surface area contributed by atoms with Gasteiger partial charge in [-0.3, -0.25) is 4.72 Å². The average molecular weight is 356 g/mol. The van der Waals surface area contributed by atoms with Gasteiger partial charge in [-0.25, -0.2) is 8.42 Å². The van der Waals surface area contributed by atoms with E-state index < -0.39 is 10.0 Å². The number of rotatable bonds is 4. The van der Waals surface area contributed by atoms with Gasteiger partial charge in [-0.15, -0.1) is 0 Å². The van der Waals surface area contributed by atoms with Gasteiger partial charge in [0.1, 0.15) is 5.75 Å². The third-order valence-electron chi connectivity index (χ3n) is 2.75. The maximum Gasteiger partial charge on any atom is 0.262 e. The van der Waals surface area contributed by atoms with Crippen LogP contribution in [0.25, 0.3) is 0 Å². The third-order valence-corrected chi connectivity index (χ3v) is 4.78. The second kappa shape index (κ2) is 5.85. The molecule has 0 saturated carbocycles. The Balaban J connectivity index is 2.36. The number of halogens is 1. The van der Waals surface area contributed by atoms with Gasteiger partial charge in [0.15, 0.2) is 0 Å². The molecule has 0 aliphatic heterocycles. The van der Waals surface area contributed by atoms with E-state index in [-0.39, 0.29) is 4.90 Å². The smallest absolute Gasteiger partial charge is 0.262 e. The predicted molar refractivity (Wildman–Crippen MR) is 82.7 cm³/mol. The quantitative estimate of drug-likeness (QED) is 0.911. The van der Waals surface area contributed by atoms with Crippen LogP contribution in [0.2, 0.25) is 0 Å². The van der Waals surface area contributed by atoms with Gasteiger partial charge in [0, 0.05) is 10.2 Å². The number of hydrogen-bond acceptors (Lipinski definition) is 3. The topological polar surface area (TPSA) is 55.4 Å². The minimum Gasteiger partial charge on any atom is -0.497 e. The van der Waals surface area contributed by atoms with Crippen molar-refractivity contribution in [2.24, 2.45) is 0 Å². The fourth-order valence-corrected chi connectivity index (χ4v) is 3.49. The van der Waals surface area contributed by atoms with Gasteiger partial charge < -0.3 is 4.74 Å². The van der Waals surface area contributed by atoms with Crippen LogP contribution in [-0.4, -0.2) is 15.5 Å². The van der Waals surface area contributed by atoms with Crippen LogP contribution in [-0.2, 0) is 10.0 Å². The number of aryl methyl sites for hydroxylation is 1. The summed E-state index contributed by atoms with van der Waals surface area (Å²) < 4.78 is 33.2. The van der Waals surface area contributed by atoms with Crippen LogP contribution in [0.15, 0.2) is 51.8 Å². The monoisotopic (exact) mass is 355 g/mol. The van der Waals surface area contributed by atoms with Crippen molar-refractivity contribution in [1.29, 1.82) is 0 Å². The molecular formula is C14H14BrNO3S. The van der Waals surface area contributed by atoms with Crippen molar-refractivity contribution in [3.63, 3.8) is 0 Å². The molecule has 0 aliphatic carbocycles. The standard InChI is InChI=1S/C14H14BrNO3S/c1-10-8-13(19-2)6-7-14(10)20(17,18)16-12-5-3-4-11(15)9-12/h3-9,16H,1-2H3. The summed E-state index contributed by atoms with van der Waals surface area (Å²) in [6.45, 7) is 1.73. The average Bonchev–Trinajstić information content (AvgIpc) is 2.37. The van der Waals surface area contributed by atoms with Crippen LogP contribution in [0, 0.1) is 6.92 Å². The highest BCUT2D eigenvalue weighted by molar-refractivity contribution is 9.10. The lowest BCUT2D eigenvalue weighted by Gasteiger charge is -2.11. The van der Waals surface area contributed by atoms with E-state index in [1.165, 1.54) is 6.07 Å². The molecule has 6 heteroatoms. The molecule has 106 valence electrons. The van der Waals surface area contributed by atoms with Crippen LogP contribution < -0.4 is 9.46 Å². The molecule has 0 radical (unpaired) electrons. The number of nitrogens with one attached hydrogen (secondary N) is 1. The van der Waals surface area contributed by atoms with E-state index in [0.29, 0.717) is 17.0 Å². The van der Waals surface area contributed by atoms with Gasteiger partial charge in [-0.1, -0.05) is 22.0 Å². The molecule has 0 atom stereocenters. The Hall–Kier alpha value is -1.53. The Kier molecular flexibility index (Phi) is 4.35. The zero-order chi connectivity index (χ0) is 14.8. The minimum absolute atomic E-state index is 0.235. The number of methoxy groups -OCH3 is 1. The van der Waals surface area contributed by atoms with Gasteiger partial charge in [-0.2, -0.15) is 0 Å². The Labute approximate surface area is 127 Å². The first-order chi connectivity index (χ1) is 9.42. The van der Waals surface area contributed by atoms with E-state index >= 15 is 0 Å². The molecule has 0 unspecified atom stereocenters. The maximum atomic E-state index is 12.4. The van der Waals surface area contributed by atoms with Gasteiger partial charge in [0.05, 0.1) is 12.0 Å². The molecule has 0 saturated heterocycles. The largest absolute Gasteiger partial charge is 0.497 e. The first kappa shape index (κ1) is 14.9. The number of sulfonamides is 1. The van der Waals surface area contributed by atoms with Gasteiger partial charge in [0.25, 0.3) is 10.0 Å².